The van der Waals surface area contributed by atoms with Gasteiger partial charge in [-0.05, 0) is 81.2 Å². The van der Waals surface area contributed by atoms with Crippen molar-refractivity contribution in [1.82, 2.24) is 14.5 Å². The van der Waals surface area contributed by atoms with Gasteiger partial charge >= 0.3 is 0 Å². The first-order valence-electron chi connectivity index (χ1n) is 11.5. The van der Waals surface area contributed by atoms with Crippen molar-refractivity contribution in [2.24, 2.45) is 0 Å². The molecule has 5 nitrogen and oxygen atoms in total. The fraction of sp³-hybridized carbons (Fsp3) is 0.259. The summed E-state index contributed by atoms with van der Waals surface area (Å²) >= 11 is 6.19. The molecule has 0 unspecified atom stereocenters. The number of hydrogen-bond donors (Lipinski definition) is 0. The molecule has 0 radical (unpaired) electrons. The maximum absolute atomic E-state index is 14.8. The maximum Gasteiger partial charge on any atom is 0.255 e. The number of hydrogen-bond acceptors (Lipinski definition) is 4. The molecule has 1 saturated heterocycles. The Morgan fingerprint density at radius 3 is 2.43 bits per heavy atom. The quantitative estimate of drug-likeness (QED) is 0.326. The van der Waals surface area contributed by atoms with Crippen molar-refractivity contribution in [2.75, 3.05) is 13.1 Å². The fourth-order valence-corrected chi connectivity index (χ4v) is 5.03. The van der Waals surface area contributed by atoms with Gasteiger partial charge in [0.1, 0.15) is 17.3 Å². The van der Waals surface area contributed by atoms with Crippen LogP contribution in [-0.4, -0.2) is 27.5 Å². The van der Waals surface area contributed by atoms with E-state index in [1.54, 1.807) is 24.4 Å². The number of halogens is 3. The van der Waals surface area contributed by atoms with Gasteiger partial charge in [-0.2, -0.15) is 0 Å². The van der Waals surface area contributed by atoms with Crippen molar-refractivity contribution in [3.63, 3.8) is 0 Å². The van der Waals surface area contributed by atoms with Crippen LogP contribution in [0.4, 0.5) is 8.78 Å². The molecule has 0 bridgehead atoms. The lowest BCUT2D eigenvalue weighted by atomic mass is 10.1. The van der Waals surface area contributed by atoms with E-state index in [-0.39, 0.29) is 16.9 Å². The van der Waals surface area contributed by atoms with Gasteiger partial charge in [-0.15, -0.1) is 0 Å². The average molecular weight is 496 g/mol. The molecule has 0 saturated carbocycles. The Morgan fingerprint density at radius 1 is 1.03 bits per heavy atom. The van der Waals surface area contributed by atoms with Crippen LogP contribution in [0.5, 0.6) is 0 Å². The van der Waals surface area contributed by atoms with Crippen molar-refractivity contribution < 1.29 is 13.2 Å². The van der Waals surface area contributed by atoms with Crippen LogP contribution in [-0.2, 0) is 6.54 Å². The number of aromatic nitrogens is 2. The van der Waals surface area contributed by atoms with E-state index >= 15 is 0 Å². The minimum absolute atomic E-state index is 0.109. The highest BCUT2D eigenvalue weighted by atomic mass is 35.5. The number of nitrogens with zero attached hydrogens (tertiary/aromatic N) is 3. The minimum Gasteiger partial charge on any atom is -0.439 e. The number of oxazole rings is 1. The van der Waals surface area contributed by atoms with E-state index in [9.17, 15) is 13.6 Å². The molecular weight excluding hydrogens is 472 g/mol. The highest BCUT2D eigenvalue weighted by molar-refractivity contribution is 6.30. The Morgan fingerprint density at radius 2 is 1.74 bits per heavy atom. The molecule has 35 heavy (non-hydrogen) atoms. The predicted octanol–water partition coefficient (Wildman–Crippen LogP) is 6.30. The predicted molar refractivity (Wildman–Crippen MR) is 132 cm³/mol. The lowest BCUT2D eigenvalue weighted by Gasteiger charge is -2.14. The molecule has 5 rings (SSSR count). The molecule has 180 valence electrons. The van der Waals surface area contributed by atoms with Gasteiger partial charge in [-0.1, -0.05) is 11.6 Å². The van der Waals surface area contributed by atoms with E-state index < -0.39 is 11.6 Å². The van der Waals surface area contributed by atoms with Gasteiger partial charge in [0, 0.05) is 28.9 Å². The van der Waals surface area contributed by atoms with E-state index in [2.05, 4.69) is 4.90 Å². The van der Waals surface area contributed by atoms with E-state index in [4.69, 9.17) is 21.0 Å². The summed E-state index contributed by atoms with van der Waals surface area (Å²) in [5.41, 5.74) is 3.26. The number of benzene rings is 2. The van der Waals surface area contributed by atoms with Crippen molar-refractivity contribution in [1.29, 1.82) is 0 Å². The van der Waals surface area contributed by atoms with Crippen LogP contribution in [0.1, 0.15) is 29.9 Å². The molecule has 0 aliphatic carbocycles. The average Bonchev–Trinajstić information content (AvgIpc) is 3.45. The zero-order valence-corrected chi connectivity index (χ0v) is 20.2. The SMILES string of the molecule is Cc1cc(Cl)cc(C)c1-n1cc(-c2nc(CN3CCCC3)oc2-c2ccc(F)cc2F)ccc1=O. The third-order valence-corrected chi connectivity index (χ3v) is 6.50. The molecule has 4 aromatic rings. The molecule has 3 heterocycles. The fourth-order valence-electron chi connectivity index (χ4n) is 4.70. The van der Waals surface area contributed by atoms with Crippen molar-refractivity contribution in [2.45, 2.75) is 33.2 Å². The Labute approximate surface area is 206 Å². The molecule has 0 amide bonds. The van der Waals surface area contributed by atoms with Crippen molar-refractivity contribution in [3.05, 3.63) is 92.7 Å². The summed E-state index contributed by atoms with van der Waals surface area (Å²) in [5, 5.41) is 0.588. The Bertz CT molecular complexity index is 1450. The first-order valence-corrected chi connectivity index (χ1v) is 11.9. The van der Waals surface area contributed by atoms with Crippen molar-refractivity contribution in [3.8, 4) is 28.3 Å². The molecule has 2 aromatic heterocycles. The van der Waals surface area contributed by atoms with Crippen LogP contribution in [0.2, 0.25) is 5.02 Å². The van der Waals surface area contributed by atoms with Gasteiger partial charge < -0.3 is 4.42 Å². The van der Waals surface area contributed by atoms with E-state index in [1.807, 2.05) is 13.8 Å². The lowest BCUT2D eigenvalue weighted by molar-refractivity contribution is 0.292. The smallest absolute Gasteiger partial charge is 0.255 e. The van der Waals surface area contributed by atoms with E-state index in [0.717, 1.165) is 48.8 Å². The van der Waals surface area contributed by atoms with Crippen LogP contribution < -0.4 is 5.56 Å². The summed E-state index contributed by atoms with van der Waals surface area (Å²) in [7, 11) is 0. The minimum atomic E-state index is -0.743. The summed E-state index contributed by atoms with van der Waals surface area (Å²) < 4.78 is 36.0. The summed E-state index contributed by atoms with van der Waals surface area (Å²) in [5.74, 6) is -0.775. The zero-order valence-electron chi connectivity index (χ0n) is 19.4. The Kier molecular flexibility index (Phi) is 6.30. The van der Waals surface area contributed by atoms with Crippen LogP contribution in [0.25, 0.3) is 28.3 Å². The second-order valence-electron chi connectivity index (χ2n) is 8.91. The molecule has 1 aliphatic rings. The monoisotopic (exact) mass is 495 g/mol. The standard InChI is InChI=1S/C27H24ClF2N3O2/c1-16-11-19(28)12-17(2)26(16)33-14-18(5-8-24(33)34)25-27(21-7-6-20(29)13-22(21)30)35-23(31-25)15-32-9-3-4-10-32/h5-8,11-14H,3-4,9-10,15H2,1-2H3. The number of pyridine rings is 1. The van der Waals surface area contributed by atoms with Gasteiger partial charge in [-0.25, -0.2) is 13.8 Å². The lowest BCUT2D eigenvalue weighted by Crippen LogP contribution is -2.19. The molecule has 0 atom stereocenters. The molecule has 2 aromatic carbocycles. The van der Waals surface area contributed by atoms with Crippen LogP contribution in [0, 0.1) is 25.5 Å². The number of aryl methyl sites for hydroxylation is 2. The summed E-state index contributed by atoms with van der Waals surface area (Å²) in [6.07, 6.45) is 3.89. The molecule has 1 fully saturated rings. The number of likely N-dealkylation sites (tertiary alicyclic amines) is 1. The van der Waals surface area contributed by atoms with Gasteiger partial charge in [0.25, 0.3) is 5.56 Å². The zero-order chi connectivity index (χ0) is 24.7. The third kappa shape index (κ3) is 4.66. The third-order valence-electron chi connectivity index (χ3n) is 6.29. The van der Waals surface area contributed by atoms with Crippen LogP contribution in [0.3, 0.4) is 0 Å². The van der Waals surface area contributed by atoms with Crippen LogP contribution in [0.15, 0.2) is 57.9 Å². The molecule has 8 heteroatoms. The largest absolute Gasteiger partial charge is 0.439 e. The second kappa shape index (κ2) is 9.40. The van der Waals surface area contributed by atoms with E-state index in [0.29, 0.717) is 28.7 Å². The first kappa shape index (κ1) is 23.5. The summed E-state index contributed by atoms with van der Waals surface area (Å²) in [4.78, 5) is 19.8. The number of rotatable bonds is 5. The summed E-state index contributed by atoms with van der Waals surface area (Å²) in [6.45, 7) is 6.15. The highest BCUT2D eigenvalue weighted by Gasteiger charge is 2.23. The molecule has 0 N–H and O–H groups in total. The Balaban J connectivity index is 1.67. The van der Waals surface area contributed by atoms with Crippen molar-refractivity contribution >= 4 is 11.6 Å². The maximum atomic E-state index is 14.8. The summed E-state index contributed by atoms with van der Waals surface area (Å²) in [6, 6.07) is 10.0. The molecule has 1 aliphatic heterocycles. The van der Waals surface area contributed by atoms with Gasteiger partial charge in [0.2, 0.25) is 5.89 Å². The van der Waals surface area contributed by atoms with Gasteiger partial charge in [0.15, 0.2) is 5.76 Å². The van der Waals surface area contributed by atoms with Gasteiger partial charge in [-0.3, -0.25) is 14.3 Å². The normalized spacial score (nSPS) is 14.1. The van der Waals surface area contributed by atoms with E-state index in [1.165, 1.54) is 22.8 Å². The second-order valence-corrected chi connectivity index (χ2v) is 9.34. The first-order chi connectivity index (χ1) is 16.8. The highest BCUT2D eigenvalue weighted by Crippen LogP contribution is 2.35. The topological polar surface area (TPSA) is 51.3 Å². The molecular formula is C27H24ClF2N3O2. The Hall–Kier alpha value is -3.29. The van der Waals surface area contributed by atoms with Crippen LogP contribution >= 0.6 is 11.6 Å². The van der Waals surface area contributed by atoms with Gasteiger partial charge in [0.05, 0.1) is 17.8 Å². The molecule has 0 spiro atoms.